The first-order chi connectivity index (χ1) is 6.63. The number of rotatable bonds is 4. The molecule has 0 amide bonds. The molecule has 1 saturated carbocycles. The molecule has 0 spiro atoms. The summed E-state index contributed by atoms with van der Waals surface area (Å²) in [6.07, 6.45) is 5.01. The van der Waals surface area contributed by atoms with E-state index in [0.29, 0.717) is 0 Å². The summed E-state index contributed by atoms with van der Waals surface area (Å²) in [6.45, 7) is 4.92. The molecule has 2 N–H and O–H groups in total. The van der Waals surface area contributed by atoms with E-state index in [2.05, 4.69) is 19.2 Å². The quantitative estimate of drug-likeness (QED) is 0.728. The molecule has 1 aliphatic rings. The number of carboxylic acid groups (broad SMARTS) is 1. The third-order valence-electron chi connectivity index (χ3n) is 3.37. The summed E-state index contributed by atoms with van der Waals surface area (Å²) >= 11 is 0. The molecule has 0 bridgehead atoms. The van der Waals surface area contributed by atoms with Crippen molar-refractivity contribution in [3.05, 3.63) is 0 Å². The monoisotopic (exact) mass is 199 g/mol. The molecule has 0 saturated heterocycles. The Morgan fingerprint density at radius 1 is 1.57 bits per heavy atom. The Hall–Kier alpha value is -0.570. The zero-order valence-electron chi connectivity index (χ0n) is 9.18. The Bertz CT molecular complexity index is 205. The van der Waals surface area contributed by atoms with E-state index in [0.717, 1.165) is 32.2 Å². The van der Waals surface area contributed by atoms with E-state index in [1.165, 1.54) is 6.42 Å². The summed E-state index contributed by atoms with van der Waals surface area (Å²) in [5.41, 5.74) is -0.645. The average molecular weight is 199 g/mol. The Kier molecular flexibility index (Phi) is 3.93. The van der Waals surface area contributed by atoms with Gasteiger partial charge in [-0.05, 0) is 31.7 Å². The molecule has 1 aliphatic carbocycles. The van der Waals surface area contributed by atoms with Crippen molar-refractivity contribution in [3.8, 4) is 0 Å². The molecule has 2 atom stereocenters. The molecule has 82 valence electrons. The van der Waals surface area contributed by atoms with Crippen LogP contribution in [0.2, 0.25) is 0 Å². The number of nitrogens with one attached hydrogen (secondary N) is 1. The maximum Gasteiger partial charge on any atom is 0.324 e. The third-order valence-corrected chi connectivity index (χ3v) is 3.37. The lowest BCUT2D eigenvalue weighted by atomic mass is 9.73. The van der Waals surface area contributed by atoms with Crippen LogP contribution in [0.4, 0.5) is 0 Å². The lowest BCUT2D eigenvalue weighted by Gasteiger charge is -2.39. The van der Waals surface area contributed by atoms with Crippen LogP contribution in [0.3, 0.4) is 0 Å². The zero-order chi connectivity index (χ0) is 10.6. The summed E-state index contributed by atoms with van der Waals surface area (Å²) < 4.78 is 0. The van der Waals surface area contributed by atoms with Gasteiger partial charge in [0.05, 0.1) is 0 Å². The van der Waals surface area contributed by atoms with Gasteiger partial charge in [0.15, 0.2) is 0 Å². The van der Waals surface area contributed by atoms with Gasteiger partial charge in [0.2, 0.25) is 0 Å². The van der Waals surface area contributed by atoms with Crippen LogP contribution in [-0.2, 0) is 4.79 Å². The van der Waals surface area contributed by atoms with Gasteiger partial charge < -0.3 is 10.4 Å². The predicted octanol–water partition coefficient (Wildman–Crippen LogP) is 2.02. The van der Waals surface area contributed by atoms with Crippen LogP contribution >= 0.6 is 0 Å². The molecule has 0 aliphatic heterocycles. The van der Waals surface area contributed by atoms with Gasteiger partial charge in [0.1, 0.15) is 5.54 Å². The van der Waals surface area contributed by atoms with Crippen LogP contribution in [0, 0.1) is 5.92 Å². The van der Waals surface area contributed by atoms with Crippen molar-refractivity contribution in [1.82, 2.24) is 5.32 Å². The number of carbonyl (C=O) groups is 1. The third kappa shape index (κ3) is 2.08. The fraction of sp³-hybridized carbons (Fsp3) is 0.909. The summed E-state index contributed by atoms with van der Waals surface area (Å²) in [5, 5.41) is 12.6. The summed E-state index contributed by atoms with van der Waals surface area (Å²) in [7, 11) is 0. The van der Waals surface area contributed by atoms with Crippen molar-refractivity contribution in [3.63, 3.8) is 0 Å². The van der Waals surface area contributed by atoms with Crippen LogP contribution in [0.25, 0.3) is 0 Å². The predicted molar refractivity (Wildman–Crippen MR) is 56.3 cm³/mol. The lowest BCUT2D eigenvalue weighted by Crippen LogP contribution is -2.58. The van der Waals surface area contributed by atoms with E-state index in [1.54, 1.807) is 0 Å². The van der Waals surface area contributed by atoms with Gasteiger partial charge in [-0.25, -0.2) is 0 Å². The van der Waals surface area contributed by atoms with Crippen molar-refractivity contribution < 1.29 is 9.90 Å². The van der Waals surface area contributed by atoms with Crippen LogP contribution in [-0.4, -0.2) is 23.2 Å². The van der Waals surface area contributed by atoms with Crippen LogP contribution in [0.1, 0.15) is 46.0 Å². The highest BCUT2D eigenvalue weighted by atomic mass is 16.4. The molecular formula is C11H21NO2. The molecule has 1 fully saturated rings. The summed E-state index contributed by atoms with van der Waals surface area (Å²) in [6, 6.07) is 0. The van der Waals surface area contributed by atoms with E-state index in [-0.39, 0.29) is 5.92 Å². The number of hydrogen-bond acceptors (Lipinski definition) is 2. The number of carboxylic acids is 1. The van der Waals surface area contributed by atoms with Gasteiger partial charge in [-0.3, -0.25) is 4.79 Å². The van der Waals surface area contributed by atoms with Crippen molar-refractivity contribution in [1.29, 1.82) is 0 Å². The molecule has 2 unspecified atom stereocenters. The Morgan fingerprint density at radius 3 is 2.79 bits per heavy atom. The average Bonchev–Trinajstić information content (AvgIpc) is 2.16. The van der Waals surface area contributed by atoms with E-state index < -0.39 is 11.5 Å². The minimum absolute atomic E-state index is 0.250. The molecule has 0 heterocycles. The van der Waals surface area contributed by atoms with E-state index in [1.807, 2.05) is 0 Å². The fourth-order valence-electron chi connectivity index (χ4n) is 2.35. The molecule has 3 nitrogen and oxygen atoms in total. The normalized spacial score (nSPS) is 32.9. The highest BCUT2D eigenvalue weighted by Crippen LogP contribution is 2.33. The smallest absolute Gasteiger partial charge is 0.324 e. The Labute approximate surface area is 85.9 Å². The minimum Gasteiger partial charge on any atom is -0.480 e. The summed E-state index contributed by atoms with van der Waals surface area (Å²) in [4.78, 5) is 11.3. The largest absolute Gasteiger partial charge is 0.480 e. The topological polar surface area (TPSA) is 49.3 Å². The van der Waals surface area contributed by atoms with Gasteiger partial charge in [0, 0.05) is 0 Å². The van der Waals surface area contributed by atoms with Crippen molar-refractivity contribution in [2.75, 3.05) is 6.54 Å². The van der Waals surface area contributed by atoms with Gasteiger partial charge >= 0.3 is 5.97 Å². The SMILES string of the molecule is CCCNC1(C(=O)O)CCCCC1C. The van der Waals surface area contributed by atoms with Gasteiger partial charge in [-0.1, -0.05) is 26.7 Å². The van der Waals surface area contributed by atoms with Crippen molar-refractivity contribution in [2.24, 2.45) is 5.92 Å². The van der Waals surface area contributed by atoms with Gasteiger partial charge in [-0.15, -0.1) is 0 Å². The van der Waals surface area contributed by atoms with E-state index in [4.69, 9.17) is 0 Å². The molecule has 3 heteroatoms. The second kappa shape index (κ2) is 4.78. The second-order valence-corrected chi connectivity index (χ2v) is 4.35. The maximum absolute atomic E-state index is 11.3. The maximum atomic E-state index is 11.3. The Balaban J connectivity index is 2.72. The first kappa shape index (κ1) is 11.5. The molecule has 14 heavy (non-hydrogen) atoms. The minimum atomic E-state index is -0.668. The standard InChI is InChI=1S/C11H21NO2/c1-3-8-12-11(10(13)14)7-5-4-6-9(11)2/h9,12H,3-8H2,1-2H3,(H,13,14). The van der Waals surface area contributed by atoms with E-state index in [9.17, 15) is 9.90 Å². The molecule has 1 rings (SSSR count). The van der Waals surface area contributed by atoms with Crippen molar-refractivity contribution in [2.45, 2.75) is 51.5 Å². The van der Waals surface area contributed by atoms with Gasteiger partial charge in [0.25, 0.3) is 0 Å². The Morgan fingerprint density at radius 2 is 2.29 bits per heavy atom. The first-order valence-corrected chi connectivity index (χ1v) is 5.62. The van der Waals surface area contributed by atoms with Gasteiger partial charge in [-0.2, -0.15) is 0 Å². The molecule has 0 radical (unpaired) electrons. The molecule has 0 aromatic rings. The highest BCUT2D eigenvalue weighted by Gasteiger charge is 2.44. The lowest BCUT2D eigenvalue weighted by molar-refractivity contribution is -0.149. The van der Waals surface area contributed by atoms with E-state index >= 15 is 0 Å². The number of hydrogen-bond donors (Lipinski definition) is 2. The van der Waals surface area contributed by atoms with Crippen molar-refractivity contribution >= 4 is 5.97 Å². The fourth-order valence-corrected chi connectivity index (χ4v) is 2.35. The first-order valence-electron chi connectivity index (χ1n) is 5.62. The molecule has 0 aromatic heterocycles. The molecule has 0 aromatic carbocycles. The van der Waals surface area contributed by atoms with Crippen LogP contribution in [0.15, 0.2) is 0 Å². The van der Waals surface area contributed by atoms with Crippen LogP contribution < -0.4 is 5.32 Å². The highest BCUT2D eigenvalue weighted by molar-refractivity contribution is 5.79. The number of aliphatic carboxylic acids is 1. The summed E-state index contributed by atoms with van der Waals surface area (Å²) in [5.74, 6) is -0.418. The second-order valence-electron chi connectivity index (χ2n) is 4.35. The zero-order valence-corrected chi connectivity index (χ0v) is 9.18. The van der Waals surface area contributed by atoms with Crippen LogP contribution in [0.5, 0.6) is 0 Å². The molecular weight excluding hydrogens is 178 g/mol.